The lowest BCUT2D eigenvalue weighted by molar-refractivity contribution is 0.302. The van der Waals surface area contributed by atoms with Crippen LogP contribution in [0.1, 0.15) is 65.2 Å². The lowest BCUT2D eigenvalue weighted by Gasteiger charge is -2.20. The average Bonchev–Trinajstić information content (AvgIpc) is 2.95. The number of fused-ring (bicyclic) bond motifs is 2. The summed E-state index contributed by atoms with van der Waals surface area (Å²) in [5.41, 5.74) is 1.47. The number of hydrogen-bond donors (Lipinski definition) is 0. The Bertz CT molecular complexity index is 1640. The summed E-state index contributed by atoms with van der Waals surface area (Å²) in [6.07, 6.45) is 8.34. The molecule has 4 rings (SSSR count). The van der Waals surface area contributed by atoms with Crippen LogP contribution in [0.3, 0.4) is 0 Å². The average molecular weight is 652 g/mol. The van der Waals surface area contributed by atoms with Crippen molar-refractivity contribution in [2.45, 2.75) is 75.0 Å². The zero-order chi connectivity index (χ0) is 30.3. The molecule has 0 amide bonds. The highest BCUT2D eigenvalue weighted by Crippen LogP contribution is 2.46. The Morgan fingerprint density at radius 3 is 1.31 bits per heavy atom. The fourth-order valence-electron chi connectivity index (χ4n) is 5.06. The van der Waals surface area contributed by atoms with E-state index >= 15 is 0 Å². The SMILES string of the molecule is CCCCCCOc1ccc2cc(S(=O)(=O)Cl)ccc2c1-c1c(OCCCCCC)ccc2cc(S(=O)(=O)Cl)ccc12. The van der Waals surface area contributed by atoms with Crippen molar-refractivity contribution in [1.29, 1.82) is 0 Å². The first-order valence-electron chi connectivity index (χ1n) is 14.3. The molecule has 0 spiro atoms. The van der Waals surface area contributed by atoms with Crippen molar-refractivity contribution in [2.24, 2.45) is 0 Å². The lowest BCUT2D eigenvalue weighted by Crippen LogP contribution is -2.03. The molecule has 0 aromatic heterocycles. The number of hydrogen-bond acceptors (Lipinski definition) is 6. The third-order valence-corrected chi connectivity index (χ3v) is 9.93. The van der Waals surface area contributed by atoms with Crippen LogP contribution >= 0.6 is 21.4 Å². The molecule has 4 aromatic carbocycles. The minimum absolute atomic E-state index is 0.00173. The molecule has 0 saturated heterocycles. The highest BCUT2D eigenvalue weighted by Gasteiger charge is 2.22. The van der Waals surface area contributed by atoms with Crippen LogP contribution in [0.2, 0.25) is 0 Å². The first-order chi connectivity index (χ1) is 20.0. The van der Waals surface area contributed by atoms with Gasteiger partial charge in [-0.2, -0.15) is 0 Å². The minimum atomic E-state index is -3.94. The molecule has 0 N–H and O–H groups in total. The van der Waals surface area contributed by atoms with Gasteiger partial charge in [0.25, 0.3) is 18.1 Å². The van der Waals surface area contributed by atoms with Crippen LogP contribution in [0.4, 0.5) is 0 Å². The highest BCUT2D eigenvalue weighted by molar-refractivity contribution is 8.14. The maximum Gasteiger partial charge on any atom is 0.261 e. The molecule has 4 aromatic rings. The monoisotopic (exact) mass is 650 g/mol. The quantitative estimate of drug-likeness (QED) is 0.0940. The Hall–Kier alpha value is -2.52. The fourth-order valence-corrected chi connectivity index (χ4v) is 6.63. The molecule has 0 radical (unpaired) electrons. The second-order valence-electron chi connectivity index (χ2n) is 10.3. The molecule has 0 heterocycles. The summed E-state index contributed by atoms with van der Waals surface area (Å²) < 4.78 is 61.2. The maximum atomic E-state index is 12.1. The van der Waals surface area contributed by atoms with E-state index in [2.05, 4.69) is 13.8 Å². The van der Waals surface area contributed by atoms with Gasteiger partial charge in [0.2, 0.25) is 0 Å². The van der Waals surface area contributed by atoms with Gasteiger partial charge >= 0.3 is 0 Å². The molecule has 0 bridgehead atoms. The van der Waals surface area contributed by atoms with Crippen LogP contribution in [-0.2, 0) is 18.1 Å². The molecular formula is C32H36Cl2O6S2. The van der Waals surface area contributed by atoms with Crippen LogP contribution in [0.15, 0.2) is 70.5 Å². The van der Waals surface area contributed by atoms with Gasteiger partial charge in [0.1, 0.15) is 11.5 Å². The predicted molar refractivity (Wildman–Crippen MR) is 172 cm³/mol. The first kappa shape index (κ1) is 32.4. The summed E-state index contributed by atoms with van der Waals surface area (Å²) in [6.45, 7) is 5.34. The summed E-state index contributed by atoms with van der Waals surface area (Å²) >= 11 is 0. The minimum Gasteiger partial charge on any atom is -0.493 e. The Balaban J connectivity index is 1.95. The smallest absolute Gasteiger partial charge is 0.261 e. The molecule has 0 unspecified atom stereocenters. The Labute approximate surface area is 257 Å². The van der Waals surface area contributed by atoms with E-state index in [1.54, 1.807) is 24.3 Å². The molecule has 10 heteroatoms. The van der Waals surface area contributed by atoms with E-state index in [1.165, 1.54) is 12.1 Å². The van der Waals surface area contributed by atoms with Gasteiger partial charge in [-0.05, 0) is 70.8 Å². The Morgan fingerprint density at radius 1 is 0.548 bits per heavy atom. The normalized spacial score (nSPS) is 12.2. The van der Waals surface area contributed by atoms with Gasteiger partial charge in [0.15, 0.2) is 0 Å². The van der Waals surface area contributed by atoms with Gasteiger partial charge in [-0.15, -0.1) is 0 Å². The van der Waals surface area contributed by atoms with Crippen molar-refractivity contribution >= 4 is 61.0 Å². The number of unbranched alkanes of at least 4 members (excludes halogenated alkanes) is 6. The van der Waals surface area contributed by atoms with Crippen LogP contribution in [0.5, 0.6) is 11.5 Å². The van der Waals surface area contributed by atoms with Crippen molar-refractivity contribution < 1.29 is 26.3 Å². The Morgan fingerprint density at radius 2 is 0.952 bits per heavy atom. The second kappa shape index (κ2) is 14.3. The molecule has 0 aliphatic rings. The first-order valence-corrected chi connectivity index (χ1v) is 18.9. The Kier molecular flexibility index (Phi) is 11.0. The largest absolute Gasteiger partial charge is 0.493 e. The van der Waals surface area contributed by atoms with Gasteiger partial charge < -0.3 is 9.47 Å². The van der Waals surface area contributed by atoms with E-state index in [9.17, 15) is 16.8 Å². The van der Waals surface area contributed by atoms with E-state index in [0.29, 0.717) is 35.5 Å². The molecular weight excluding hydrogens is 615 g/mol. The summed E-state index contributed by atoms with van der Waals surface area (Å²) in [7, 11) is 3.47. The second-order valence-corrected chi connectivity index (χ2v) is 15.5. The zero-order valence-electron chi connectivity index (χ0n) is 23.9. The van der Waals surface area contributed by atoms with E-state index in [1.807, 2.05) is 24.3 Å². The van der Waals surface area contributed by atoms with Gasteiger partial charge in [0, 0.05) is 32.5 Å². The van der Waals surface area contributed by atoms with Crippen LogP contribution in [0.25, 0.3) is 32.7 Å². The van der Waals surface area contributed by atoms with E-state index in [4.69, 9.17) is 30.8 Å². The molecule has 0 aliphatic carbocycles. The maximum absolute atomic E-state index is 12.1. The van der Waals surface area contributed by atoms with Crippen molar-refractivity contribution in [2.75, 3.05) is 13.2 Å². The molecule has 226 valence electrons. The molecule has 0 atom stereocenters. The molecule has 42 heavy (non-hydrogen) atoms. The van der Waals surface area contributed by atoms with E-state index < -0.39 is 18.1 Å². The van der Waals surface area contributed by atoms with Crippen LogP contribution < -0.4 is 9.47 Å². The van der Waals surface area contributed by atoms with E-state index in [-0.39, 0.29) is 9.79 Å². The number of ether oxygens (including phenoxy) is 2. The number of benzene rings is 4. The van der Waals surface area contributed by atoms with Gasteiger partial charge in [-0.1, -0.05) is 76.6 Å². The van der Waals surface area contributed by atoms with Crippen molar-refractivity contribution in [3.63, 3.8) is 0 Å². The standard InChI is InChI=1S/C32H36Cl2O6S2/c1-3-5-7-9-19-39-29-17-11-23-21-25(41(33,35)36)13-15-27(23)31(29)32-28-16-14-26(42(34,37)38)22-24(28)12-18-30(32)40-20-10-8-6-4-2/h11-18,21-22H,3-10,19-20H2,1-2H3. The van der Waals surface area contributed by atoms with Crippen molar-refractivity contribution in [3.05, 3.63) is 60.7 Å². The van der Waals surface area contributed by atoms with Gasteiger partial charge in [-0.3, -0.25) is 0 Å². The summed E-state index contributed by atoms with van der Waals surface area (Å²) in [4.78, 5) is -0.00347. The number of halogens is 2. The molecule has 0 aliphatic heterocycles. The summed E-state index contributed by atoms with van der Waals surface area (Å²) in [5, 5.41) is 2.83. The fraction of sp³-hybridized carbons (Fsp3) is 0.375. The van der Waals surface area contributed by atoms with Gasteiger partial charge in [0.05, 0.1) is 23.0 Å². The lowest BCUT2D eigenvalue weighted by atomic mass is 9.92. The third-order valence-electron chi connectivity index (χ3n) is 7.23. The van der Waals surface area contributed by atoms with E-state index in [0.717, 1.165) is 73.3 Å². The van der Waals surface area contributed by atoms with Gasteiger partial charge in [-0.25, -0.2) is 16.8 Å². The molecule has 0 saturated carbocycles. The predicted octanol–water partition coefficient (Wildman–Crippen LogP) is 9.43. The van der Waals surface area contributed by atoms with Crippen molar-refractivity contribution in [1.82, 2.24) is 0 Å². The van der Waals surface area contributed by atoms with Crippen LogP contribution in [-0.4, -0.2) is 30.0 Å². The van der Waals surface area contributed by atoms with Crippen molar-refractivity contribution in [3.8, 4) is 22.6 Å². The number of rotatable bonds is 15. The summed E-state index contributed by atoms with van der Waals surface area (Å²) in [5.74, 6) is 1.25. The molecule has 6 nitrogen and oxygen atoms in total. The summed E-state index contributed by atoms with van der Waals surface area (Å²) in [6, 6.07) is 16.8. The zero-order valence-corrected chi connectivity index (χ0v) is 27.0. The highest BCUT2D eigenvalue weighted by atomic mass is 35.7. The van der Waals surface area contributed by atoms with Crippen LogP contribution in [0, 0.1) is 0 Å². The topological polar surface area (TPSA) is 86.7 Å². The third kappa shape index (κ3) is 7.90. The molecule has 0 fully saturated rings.